The molecule has 0 unspecified atom stereocenters. The SMILES string of the molecule is COC(=O)CCC(=O)OSc1nc2ccccc2s1.OCC[NH+](CCO)CCO. The van der Waals surface area contributed by atoms with E-state index in [-0.39, 0.29) is 32.7 Å². The van der Waals surface area contributed by atoms with Crippen LogP contribution in [0.25, 0.3) is 10.2 Å². The fourth-order valence-corrected chi connectivity index (χ4v) is 3.75. The van der Waals surface area contributed by atoms with Gasteiger partial charge in [0.25, 0.3) is 0 Å². The molecule has 0 saturated heterocycles. The van der Waals surface area contributed by atoms with Crippen molar-refractivity contribution < 1.29 is 38.7 Å². The Hall–Kier alpha value is -1.76. The van der Waals surface area contributed by atoms with Crippen molar-refractivity contribution in [3.05, 3.63) is 24.3 Å². The monoisotopic (exact) mass is 447 g/mol. The van der Waals surface area contributed by atoms with Gasteiger partial charge in [0.05, 0.1) is 50.0 Å². The number of methoxy groups -OCH3 is 1. The van der Waals surface area contributed by atoms with E-state index in [2.05, 4.69) is 9.72 Å². The molecule has 9 nitrogen and oxygen atoms in total. The molecule has 2 rings (SSSR count). The quantitative estimate of drug-likeness (QED) is 0.270. The summed E-state index contributed by atoms with van der Waals surface area (Å²) >= 11 is 2.37. The first-order valence-electron chi connectivity index (χ1n) is 8.99. The number of aromatic nitrogens is 1. The summed E-state index contributed by atoms with van der Waals surface area (Å²) in [6.07, 6.45) is 0.0281. The maximum absolute atomic E-state index is 11.4. The fourth-order valence-electron chi connectivity index (χ4n) is 2.17. The van der Waals surface area contributed by atoms with Gasteiger partial charge in [0.1, 0.15) is 31.7 Å². The largest absolute Gasteiger partial charge is 0.469 e. The van der Waals surface area contributed by atoms with Crippen LogP contribution in [-0.2, 0) is 18.5 Å². The molecule has 29 heavy (non-hydrogen) atoms. The second kappa shape index (κ2) is 15.1. The molecular weight excluding hydrogens is 420 g/mol. The standard InChI is InChI=1S/C12H11NO4S2.C6H15NO3/c1-16-10(14)6-7-11(15)17-19-12-13-8-4-2-3-5-9(8)18-12;8-4-1-7(2-5-9)3-6-10/h2-5H,6-7H2,1H3;8-10H,1-6H2/p+1. The van der Waals surface area contributed by atoms with Gasteiger partial charge in [0.15, 0.2) is 4.34 Å². The highest BCUT2D eigenvalue weighted by Crippen LogP contribution is 2.30. The van der Waals surface area contributed by atoms with Crippen LogP contribution in [0, 0.1) is 0 Å². The van der Waals surface area contributed by atoms with Gasteiger partial charge in [-0.15, -0.1) is 11.3 Å². The number of carbonyl (C=O) groups excluding carboxylic acids is 2. The maximum atomic E-state index is 11.4. The van der Waals surface area contributed by atoms with Crippen molar-refractivity contribution in [3.8, 4) is 0 Å². The lowest BCUT2D eigenvalue weighted by molar-refractivity contribution is -0.901. The number of hydrogen-bond donors (Lipinski definition) is 4. The van der Waals surface area contributed by atoms with Crippen molar-refractivity contribution in [1.82, 2.24) is 4.98 Å². The van der Waals surface area contributed by atoms with Crippen molar-refractivity contribution in [2.45, 2.75) is 17.2 Å². The van der Waals surface area contributed by atoms with Crippen LogP contribution in [0.4, 0.5) is 0 Å². The highest BCUT2D eigenvalue weighted by molar-refractivity contribution is 7.97. The van der Waals surface area contributed by atoms with E-state index in [4.69, 9.17) is 19.5 Å². The number of para-hydroxylation sites is 1. The zero-order chi connectivity index (χ0) is 21.5. The van der Waals surface area contributed by atoms with Crippen LogP contribution in [-0.4, -0.2) is 78.8 Å². The summed E-state index contributed by atoms with van der Waals surface area (Å²) in [4.78, 5) is 27.6. The van der Waals surface area contributed by atoms with Crippen molar-refractivity contribution in [2.24, 2.45) is 0 Å². The number of fused-ring (bicyclic) bond motifs is 1. The highest BCUT2D eigenvalue weighted by Gasteiger charge is 2.11. The molecule has 0 aliphatic carbocycles. The van der Waals surface area contributed by atoms with Crippen LogP contribution in [0.5, 0.6) is 0 Å². The lowest BCUT2D eigenvalue weighted by Crippen LogP contribution is -3.13. The van der Waals surface area contributed by atoms with Crippen molar-refractivity contribution in [3.63, 3.8) is 0 Å². The van der Waals surface area contributed by atoms with Gasteiger partial charge in [-0.05, 0) is 12.1 Å². The van der Waals surface area contributed by atoms with Gasteiger partial charge in [-0.25, -0.2) is 4.98 Å². The molecule has 162 valence electrons. The minimum absolute atomic E-state index is 0.00453. The Morgan fingerprint density at radius 2 is 1.62 bits per heavy atom. The average molecular weight is 448 g/mol. The van der Waals surface area contributed by atoms with Gasteiger partial charge < -0.3 is 29.1 Å². The number of aliphatic hydroxyl groups excluding tert-OH is 3. The Bertz CT molecular complexity index is 695. The van der Waals surface area contributed by atoms with Gasteiger partial charge >= 0.3 is 11.9 Å². The molecule has 0 spiro atoms. The Balaban J connectivity index is 0.000000359. The molecule has 0 saturated carbocycles. The lowest BCUT2D eigenvalue weighted by atomic mass is 10.3. The van der Waals surface area contributed by atoms with E-state index in [0.29, 0.717) is 24.0 Å². The number of esters is 1. The summed E-state index contributed by atoms with van der Waals surface area (Å²) in [7, 11) is 1.28. The number of quaternary nitrogens is 1. The van der Waals surface area contributed by atoms with E-state index in [1.807, 2.05) is 24.3 Å². The number of thiazole rings is 1. The zero-order valence-electron chi connectivity index (χ0n) is 16.2. The molecule has 0 fully saturated rings. The predicted octanol–water partition coefficient (Wildman–Crippen LogP) is -0.352. The molecule has 1 aromatic heterocycles. The zero-order valence-corrected chi connectivity index (χ0v) is 17.8. The molecule has 4 N–H and O–H groups in total. The molecule has 0 aliphatic heterocycles. The van der Waals surface area contributed by atoms with E-state index in [1.54, 1.807) is 0 Å². The number of carbonyl (C=O) groups is 2. The molecule has 0 bridgehead atoms. The maximum Gasteiger partial charge on any atom is 0.318 e. The number of benzene rings is 1. The number of nitrogens with zero attached hydrogens (tertiary/aromatic N) is 1. The van der Waals surface area contributed by atoms with Crippen molar-refractivity contribution in [2.75, 3.05) is 46.6 Å². The number of nitrogens with one attached hydrogen (secondary N) is 1. The average Bonchev–Trinajstić information content (AvgIpc) is 3.14. The first-order valence-corrected chi connectivity index (χ1v) is 10.6. The highest BCUT2D eigenvalue weighted by atomic mass is 32.2. The molecule has 1 aromatic carbocycles. The second-order valence-corrected chi connectivity index (χ2v) is 7.74. The van der Waals surface area contributed by atoms with Crippen molar-refractivity contribution in [1.29, 1.82) is 0 Å². The van der Waals surface area contributed by atoms with Crippen molar-refractivity contribution >= 4 is 45.5 Å². The number of aliphatic hydroxyl groups is 3. The Morgan fingerprint density at radius 1 is 1.03 bits per heavy atom. The Kier molecular flexibility index (Phi) is 13.2. The molecule has 11 heteroatoms. The van der Waals surface area contributed by atoms with Crippen LogP contribution < -0.4 is 4.90 Å². The Labute approximate surface area is 177 Å². The van der Waals surface area contributed by atoms with Crippen LogP contribution >= 0.6 is 23.4 Å². The molecule has 1 heterocycles. The first kappa shape index (κ1) is 25.3. The molecule has 0 amide bonds. The molecule has 0 aliphatic rings. The van der Waals surface area contributed by atoms with Crippen LogP contribution in [0.2, 0.25) is 0 Å². The van der Waals surface area contributed by atoms with Crippen LogP contribution in [0.3, 0.4) is 0 Å². The van der Waals surface area contributed by atoms with E-state index in [1.165, 1.54) is 18.4 Å². The third-order valence-electron chi connectivity index (χ3n) is 3.64. The molecule has 2 aromatic rings. The van der Waals surface area contributed by atoms with Crippen LogP contribution in [0.1, 0.15) is 12.8 Å². The second-order valence-electron chi connectivity index (χ2n) is 5.73. The number of ether oxygens (including phenoxy) is 1. The summed E-state index contributed by atoms with van der Waals surface area (Å²) < 4.78 is 11.1. The first-order chi connectivity index (χ1) is 14.0. The minimum Gasteiger partial charge on any atom is -0.469 e. The summed E-state index contributed by atoms with van der Waals surface area (Å²) in [6, 6.07) is 7.68. The summed E-state index contributed by atoms with van der Waals surface area (Å²) in [5.41, 5.74) is 0.876. The fraction of sp³-hybridized carbons (Fsp3) is 0.500. The Morgan fingerprint density at radius 3 is 2.17 bits per heavy atom. The van der Waals surface area contributed by atoms with E-state index < -0.39 is 11.9 Å². The van der Waals surface area contributed by atoms with Gasteiger partial charge in [0.2, 0.25) is 0 Å². The molecular formula is C18H27N2O7S2+. The summed E-state index contributed by atoms with van der Waals surface area (Å²) in [6.45, 7) is 2.11. The predicted molar refractivity (Wildman–Crippen MR) is 110 cm³/mol. The topological polar surface area (TPSA) is 131 Å². The normalized spacial score (nSPS) is 10.5. The third kappa shape index (κ3) is 10.5. The molecule has 0 radical (unpaired) electrons. The minimum atomic E-state index is -0.463. The number of hydrogen-bond acceptors (Lipinski definition) is 10. The van der Waals surface area contributed by atoms with Gasteiger partial charge in [-0.1, -0.05) is 12.1 Å². The summed E-state index contributed by atoms with van der Waals surface area (Å²) in [5, 5.41) is 25.5. The summed E-state index contributed by atoms with van der Waals surface area (Å²) in [5.74, 6) is -0.892. The van der Waals surface area contributed by atoms with Gasteiger partial charge in [-0.3, -0.25) is 9.59 Å². The molecule has 0 atom stereocenters. The smallest absolute Gasteiger partial charge is 0.318 e. The van der Waals surface area contributed by atoms with E-state index in [9.17, 15) is 9.59 Å². The van der Waals surface area contributed by atoms with E-state index >= 15 is 0 Å². The van der Waals surface area contributed by atoms with Crippen LogP contribution in [0.15, 0.2) is 28.6 Å². The van der Waals surface area contributed by atoms with E-state index in [0.717, 1.165) is 27.2 Å². The third-order valence-corrected chi connectivity index (χ3v) is 5.43. The van der Waals surface area contributed by atoms with Gasteiger partial charge in [-0.2, -0.15) is 0 Å². The van der Waals surface area contributed by atoms with Gasteiger partial charge in [0, 0.05) is 0 Å². The number of rotatable bonds is 11. The lowest BCUT2D eigenvalue weighted by Gasteiger charge is -2.15.